The summed E-state index contributed by atoms with van der Waals surface area (Å²) in [6.07, 6.45) is 42.4. The number of nitrogens with one attached hydrogen (secondary N) is 1. The third kappa shape index (κ3) is 39.9. The maximum absolute atomic E-state index is 12.7. The fourth-order valence-corrected chi connectivity index (χ4v) is 7.05. The molecule has 0 amide bonds. The zero-order chi connectivity index (χ0) is 37.3. The van der Waals surface area contributed by atoms with Crippen LogP contribution in [0.2, 0.25) is 0 Å². The monoisotopic (exact) mass is 722 g/mol. The lowest BCUT2D eigenvalue weighted by atomic mass is 10.0. The first-order chi connectivity index (χ1) is 25.0. The fraction of sp³-hybridized carbons (Fsp3) is 0.957. The summed E-state index contributed by atoms with van der Waals surface area (Å²) in [5.74, 6) is 0.483. The third-order valence-electron chi connectivity index (χ3n) is 10.6. The number of carbonyl (C=O) groups is 2. The average molecular weight is 722 g/mol. The molecule has 0 aromatic rings. The largest absolute Gasteiger partial charge is 0.465 e. The molecule has 1 N–H and O–H groups in total. The van der Waals surface area contributed by atoms with E-state index < -0.39 is 0 Å². The predicted octanol–water partition coefficient (Wildman–Crippen LogP) is 14.4. The molecule has 0 radical (unpaired) electrons. The van der Waals surface area contributed by atoms with Crippen molar-refractivity contribution in [3.63, 3.8) is 0 Å². The molecule has 0 rings (SSSR count). The first kappa shape index (κ1) is 49.9. The van der Waals surface area contributed by atoms with Gasteiger partial charge in [0.2, 0.25) is 0 Å². The van der Waals surface area contributed by atoms with Gasteiger partial charge in [0, 0.05) is 12.8 Å². The van der Waals surface area contributed by atoms with Crippen molar-refractivity contribution in [3.05, 3.63) is 0 Å². The molecule has 5 nitrogen and oxygen atoms in total. The Balaban J connectivity index is 3.75. The van der Waals surface area contributed by atoms with Gasteiger partial charge >= 0.3 is 11.9 Å². The lowest BCUT2D eigenvalue weighted by Gasteiger charge is -2.18. The van der Waals surface area contributed by atoms with Gasteiger partial charge in [-0.15, -0.1) is 0 Å². The number of rotatable bonds is 42. The molecule has 0 aromatic carbocycles. The SMILES string of the molecule is CCCCCCCCCCC(=O)OCC(C)CCCCCNCCCCCCCC(=O)OC(CCCCCCCCC)CCCCCCCCC. The van der Waals surface area contributed by atoms with Gasteiger partial charge in [0.1, 0.15) is 6.10 Å². The molecule has 0 aromatic heterocycles. The molecule has 304 valence electrons. The third-order valence-corrected chi connectivity index (χ3v) is 10.6. The maximum atomic E-state index is 12.7. The van der Waals surface area contributed by atoms with Gasteiger partial charge in [-0.25, -0.2) is 0 Å². The number of carbonyl (C=O) groups excluding carboxylic acids is 2. The van der Waals surface area contributed by atoms with E-state index in [-0.39, 0.29) is 18.0 Å². The van der Waals surface area contributed by atoms with E-state index in [1.54, 1.807) is 0 Å². The highest BCUT2D eigenvalue weighted by atomic mass is 16.5. The molecule has 0 bridgehead atoms. The predicted molar refractivity (Wildman–Crippen MR) is 221 cm³/mol. The Bertz CT molecular complexity index is 695. The van der Waals surface area contributed by atoms with E-state index in [4.69, 9.17) is 9.47 Å². The van der Waals surface area contributed by atoms with Gasteiger partial charge in [0.25, 0.3) is 0 Å². The highest BCUT2D eigenvalue weighted by Gasteiger charge is 2.14. The summed E-state index contributed by atoms with van der Waals surface area (Å²) in [5.41, 5.74) is 0. The minimum atomic E-state index is -0.00799. The van der Waals surface area contributed by atoms with Crippen LogP contribution in [0.15, 0.2) is 0 Å². The van der Waals surface area contributed by atoms with Gasteiger partial charge in [-0.1, -0.05) is 182 Å². The van der Waals surface area contributed by atoms with Crippen LogP contribution >= 0.6 is 0 Å². The summed E-state index contributed by atoms with van der Waals surface area (Å²) < 4.78 is 11.6. The molecule has 0 saturated carbocycles. The van der Waals surface area contributed by atoms with Gasteiger partial charge in [-0.05, 0) is 76.8 Å². The summed E-state index contributed by atoms with van der Waals surface area (Å²) in [6.45, 7) is 11.8. The van der Waals surface area contributed by atoms with Crippen LogP contribution in [0.25, 0.3) is 0 Å². The Morgan fingerprint density at radius 2 is 0.784 bits per heavy atom. The maximum Gasteiger partial charge on any atom is 0.306 e. The van der Waals surface area contributed by atoms with Crippen molar-refractivity contribution in [3.8, 4) is 0 Å². The van der Waals surface area contributed by atoms with E-state index in [0.717, 1.165) is 58.0 Å². The molecule has 0 heterocycles. The molecule has 0 aliphatic rings. The lowest BCUT2D eigenvalue weighted by molar-refractivity contribution is -0.150. The van der Waals surface area contributed by atoms with Crippen LogP contribution < -0.4 is 5.32 Å². The van der Waals surface area contributed by atoms with Crippen LogP contribution in [0, 0.1) is 5.92 Å². The summed E-state index contributed by atoms with van der Waals surface area (Å²) in [7, 11) is 0. The van der Waals surface area contributed by atoms with Crippen LogP contribution in [0.3, 0.4) is 0 Å². The second-order valence-corrected chi connectivity index (χ2v) is 16.1. The molecule has 51 heavy (non-hydrogen) atoms. The van der Waals surface area contributed by atoms with Crippen LogP contribution in [0.5, 0.6) is 0 Å². The highest BCUT2D eigenvalue weighted by molar-refractivity contribution is 5.69. The van der Waals surface area contributed by atoms with Crippen molar-refractivity contribution in [2.45, 2.75) is 259 Å². The van der Waals surface area contributed by atoms with E-state index in [0.29, 0.717) is 25.4 Å². The van der Waals surface area contributed by atoms with Crippen molar-refractivity contribution in [2.75, 3.05) is 19.7 Å². The Hall–Kier alpha value is -1.10. The van der Waals surface area contributed by atoms with Gasteiger partial charge in [0.15, 0.2) is 0 Å². The first-order valence-corrected chi connectivity index (χ1v) is 23.1. The first-order valence-electron chi connectivity index (χ1n) is 23.1. The van der Waals surface area contributed by atoms with Crippen LogP contribution in [-0.2, 0) is 19.1 Å². The number of ether oxygens (including phenoxy) is 2. The molecule has 0 fully saturated rings. The van der Waals surface area contributed by atoms with E-state index >= 15 is 0 Å². The molecule has 1 unspecified atom stereocenters. The van der Waals surface area contributed by atoms with E-state index in [1.165, 1.54) is 167 Å². The molecule has 0 spiro atoms. The van der Waals surface area contributed by atoms with Crippen molar-refractivity contribution in [1.29, 1.82) is 0 Å². The fourth-order valence-electron chi connectivity index (χ4n) is 7.05. The second-order valence-electron chi connectivity index (χ2n) is 16.1. The Morgan fingerprint density at radius 3 is 1.25 bits per heavy atom. The summed E-state index contributed by atoms with van der Waals surface area (Å²) in [5, 5.41) is 3.61. The number of esters is 2. The van der Waals surface area contributed by atoms with Gasteiger partial charge < -0.3 is 14.8 Å². The highest BCUT2D eigenvalue weighted by Crippen LogP contribution is 2.19. The normalized spacial score (nSPS) is 12.1. The molecule has 1 atom stereocenters. The summed E-state index contributed by atoms with van der Waals surface area (Å²) >= 11 is 0. The second kappa shape index (κ2) is 41.7. The number of hydrogen-bond acceptors (Lipinski definition) is 5. The van der Waals surface area contributed by atoms with Gasteiger partial charge in [0.05, 0.1) is 6.61 Å². The Morgan fingerprint density at radius 1 is 0.431 bits per heavy atom. The van der Waals surface area contributed by atoms with Crippen LogP contribution in [0.1, 0.15) is 252 Å². The van der Waals surface area contributed by atoms with Gasteiger partial charge in [-0.2, -0.15) is 0 Å². The van der Waals surface area contributed by atoms with Crippen molar-refractivity contribution >= 4 is 11.9 Å². The molecular weight excluding hydrogens is 631 g/mol. The topological polar surface area (TPSA) is 64.6 Å². The van der Waals surface area contributed by atoms with Crippen LogP contribution in [-0.4, -0.2) is 37.7 Å². The molecule has 5 heteroatoms. The minimum Gasteiger partial charge on any atom is -0.465 e. The Labute approximate surface area is 319 Å². The number of unbranched alkanes of at least 4 members (excludes halogenated alkanes) is 25. The molecule has 0 saturated heterocycles. The molecular formula is C46H91NO4. The van der Waals surface area contributed by atoms with Crippen LogP contribution in [0.4, 0.5) is 0 Å². The summed E-state index contributed by atoms with van der Waals surface area (Å²) in [4.78, 5) is 24.7. The number of hydrogen-bond donors (Lipinski definition) is 1. The quantitative estimate of drug-likeness (QED) is 0.0502. The summed E-state index contributed by atoms with van der Waals surface area (Å²) in [6, 6.07) is 0. The van der Waals surface area contributed by atoms with E-state index in [2.05, 4.69) is 33.0 Å². The average Bonchev–Trinajstić information content (AvgIpc) is 3.12. The smallest absolute Gasteiger partial charge is 0.306 e. The van der Waals surface area contributed by atoms with Crippen molar-refractivity contribution in [1.82, 2.24) is 5.32 Å². The van der Waals surface area contributed by atoms with E-state index in [9.17, 15) is 9.59 Å². The van der Waals surface area contributed by atoms with E-state index in [1.807, 2.05) is 0 Å². The molecule has 0 aliphatic carbocycles. The zero-order valence-electron chi connectivity index (χ0n) is 35.2. The lowest BCUT2D eigenvalue weighted by Crippen LogP contribution is -2.18. The standard InChI is InChI=1S/C46H91NO4/c1-5-8-11-14-17-20-24-31-38-45(48)50-42-43(4)35-28-27-34-41-47-40-33-26-21-25-32-39-46(49)51-44(36-29-22-18-15-12-9-6-2)37-30-23-19-16-13-10-7-3/h43-44,47H,5-42H2,1-4H3. The minimum absolute atomic E-state index is 0.00799. The Kier molecular flexibility index (Phi) is 40.8. The molecule has 0 aliphatic heterocycles. The van der Waals surface area contributed by atoms with Gasteiger partial charge in [-0.3, -0.25) is 9.59 Å². The van der Waals surface area contributed by atoms with Crippen molar-refractivity contribution < 1.29 is 19.1 Å². The van der Waals surface area contributed by atoms with Crippen molar-refractivity contribution in [2.24, 2.45) is 5.92 Å². The zero-order valence-corrected chi connectivity index (χ0v) is 35.2.